The number of carbonyl (C=O) groups excluding carboxylic acids is 2. The summed E-state index contributed by atoms with van der Waals surface area (Å²) in [6.45, 7) is 2.94. The van der Waals surface area contributed by atoms with Crippen LogP contribution < -0.4 is 10.2 Å². The number of nitrogens with one attached hydrogen (secondary N) is 1. The van der Waals surface area contributed by atoms with E-state index in [1.807, 2.05) is 55.5 Å². The standard InChI is InChI=1S/C19H19BrN2O2/c1-13-5-7-14(8-6-13)11-21-19(24)15-9-18(23)22(12-15)17-4-2-3-16(20)10-17/h2-8,10,15H,9,11-12H2,1H3,(H,21,24). The van der Waals surface area contributed by atoms with Crippen LogP contribution in [0.5, 0.6) is 0 Å². The zero-order chi connectivity index (χ0) is 17.1. The Morgan fingerprint density at radius 1 is 1.25 bits per heavy atom. The van der Waals surface area contributed by atoms with Crippen LogP contribution in [0.2, 0.25) is 0 Å². The Hall–Kier alpha value is -2.14. The number of amides is 2. The molecule has 1 aliphatic heterocycles. The minimum absolute atomic E-state index is 0.0106. The van der Waals surface area contributed by atoms with E-state index in [1.54, 1.807) is 4.90 Å². The van der Waals surface area contributed by atoms with Crippen LogP contribution in [0, 0.1) is 12.8 Å². The van der Waals surface area contributed by atoms with Gasteiger partial charge >= 0.3 is 0 Å². The van der Waals surface area contributed by atoms with E-state index in [0.717, 1.165) is 15.7 Å². The Morgan fingerprint density at radius 3 is 2.71 bits per heavy atom. The second kappa shape index (κ2) is 7.18. The maximum atomic E-state index is 12.4. The second-order valence-electron chi connectivity index (χ2n) is 6.09. The van der Waals surface area contributed by atoms with Gasteiger partial charge in [-0.05, 0) is 30.7 Å². The number of anilines is 1. The Morgan fingerprint density at radius 2 is 2.00 bits per heavy atom. The van der Waals surface area contributed by atoms with Gasteiger partial charge in [-0.1, -0.05) is 51.8 Å². The molecule has 1 fully saturated rings. The quantitative estimate of drug-likeness (QED) is 0.874. The first-order valence-electron chi connectivity index (χ1n) is 7.92. The van der Waals surface area contributed by atoms with Crippen molar-refractivity contribution < 1.29 is 9.59 Å². The van der Waals surface area contributed by atoms with Crippen molar-refractivity contribution in [1.82, 2.24) is 5.32 Å². The Bertz CT molecular complexity index is 758. The Kier molecular flexibility index (Phi) is 5.00. The summed E-state index contributed by atoms with van der Waals surface area (Å²) in [6, 6.07) is 15.6. The van der Waals surface area contributed by atoms with Crippen LogP contribution in [-0.4, -0.2) is 18.4 Å². The molecule has 4 nitrogen and oxygen atoms in total. The molecule has 1 unspecified atom stereocenters. The predicted molar refractivity (Wildman–Crippen MR) is 97.6 cm³/mol. The highest BCUT2D eigenvalue weighted by Gasteiger charge is 2.35. The molecular formula is C19H19BrN2O2. The topological polar surface area (TPSA) is 49.4 Å². The first-order valence-corrected chi connectivity index (χ1v) is 8.71. The highest BCUT2D eigenvalue weighted by molar-refractivity contribution is 9.10. The smallest absolute Gasteiger partial charge is 0.227 e. The molecule has 0 aliphatic carbocycles. The minimum Gasteiger partial charge on any atom is -0.352 e. The van der Waals surface area contributed by atoms with Crippen LogP contribution in [0.4, 0.5) is 5.69 Å². The third-order valence-corrected chi connectivity index (χ3v) is 4.70. The summed E-state index contributed by atoms with van der Waals surface area (Å²) >= 11 is 3.41. The molecule has 3 rings (SSSR count). The lowest BCUT2D eigenvalue weighted by molar-refractivity contribution is -0.126. The number of aryl methyl sites for hydroxylation is 1. The molecule has 124 valence electrons. The number of carbonyl (C=O) groups is 2. The third-order valence-electron chi connectivity index (χ3n) is 4.20. The molecular weight excluding hydrogens is 368 g/mol. The zero-order valence-corrected chi connectivity index (χ0v) is 15.0. The molecule has 1 N–H and O–H groups in total. The van der Waals surface area contributed by atoms with Gasteiger partial charge in [0.05, 0.1) is 5.92 Å². The molecule has 0 bridgehead atoms. The van der Waals surface area contributed by atoms with E-state index in [2.05, 4.69) is 21.2 Å². The molecule has 1 aliphatic rings. The van der Waals surface area contributed by atoms with E-state index in [1.165, 1.54) is 5.56 Å². The first kappa shape index (κ1) is 16.7. The predicted octanol–water partition coefficient (Wildman–Crippen LogP) is 3.43. The molecule has 2 aromatic rings. The van der Waals surface area contributed by atoms with Crippen LogP contribution in [0.3, 0.4) is 0 Å². The molecule has 0 radical (unpaired) electrons. The van der Waals surface area contributed by atoms with Crippen LogP contribution in [0.25, 0.3) is 0 Å². The van der Waals surface area contributed by atoms with Gasteiger partial charge in [-0.2, -0.15) is 0 Å². The largest absolute Gasteiger partial charge is 0.352 e. The van der Waals surface area contributed by atoms with E-state index in [-0.39, 0.29) is 24.2 Å². The molecule has 1 saturated heterocycles. The SMILES string of the molecule is Cc1ccc(CNC(=O)C2CC(=O)N(c3cccc(Br)c3)C2)cc1. The zero-order valence-electron chi connectivity index (χ0n) is 13.5. The fraction of sp³-hybridized carbons (Fsp3) is 0.263. The van der Waals surface area contributed by atoms with Crippen molar-refractivity contribution >= 4 is 33.4 Å². The molecule has 0 saturated carbocycles. The van der Waals surface area contributed by atoms with E-state index in [4.69, 9.17) is 0 Å². The number of hydrogen-bond acceptors (Lipinski definition) is 2. The molecule has 1 heterocycles. The fourth-order valence-corrected chi connectivity index (χ4v) is 3.20. The Labute approximate surface area is 150 Å². The molecule has 0 spiro atoms. The van der Waals surface area contributed by atoms with Gasteiger partial charge in [0.1, 0.15) is 0 Å². The average Bonchev–Trinajstić information content (AvgIpc) is 2.96. The molecule has 1 atom stereocenters. The highest BCUT2D eigenvalue weighted by atomic mass is 79.9. The van der Waals surface area contributed by atoms with Crippen molar-refractivity contribution in [2.24, 2.45) is 5.92 Å². The summed E-state index contributed by atoms with van der Waals surface area (Å²) in [5.41, 5.74) is 3.07. The van der Waals surface area contributed by atoms with Gasteiger partial charge in [-0.15, -0.1) is 0 Å². The first-order chi connectivity index (χ1) is 11.5. The van der Waals surface area contributed by atoms with Crippen LogP contribution in [-0.2, 0) is 16.1 Å². The van der Waals surface area contributed by atoms with Crippen molar-refractivity contribution in [1.29, 1.82) is 0 Å². The summed E-state index contributed by atoms with van der Waals surface area (Å²) < 4.78 is 0.917. The van der Waals surface area contributed by atoms with Crippen molar-refractivity contribution in [3.05, 3.63) is 64.1 Å². The van der Waals surface area contributed by atoms with Gasteiger partial charge in [0, 0.05) is 29.7 Å². The fourth-order valence-electron chi connectivity index (χ4n) is 2.82. The Balaban J connectivity index is 1.60. The van der Waals surface area contributed by atoms with E-state index >= 15 is 0 Å². The maximum absolute atomic E-state index is 12.4. The van der Waals surface area contributed by atoms with E-state index in [0.29, 0.717) is 13.1 Å². The third kappa shape index (κ3) is 3.85. The van der Waals surface area contributed by atoms with E-state index < -0.39 is 0 Å². The van der Waals surface area contributed by atoms with Crippen LogP contribution in [0.15, 0.2) is 53.0 Å². The minimum atomic E-state index is -0.304. The van der Waals surface area contributed by atoms with Gasteiger partial charge in [-0.3, -0.25) is 9.59 Å². The molecule has 2 aromatic carbocycles. The van der Waals surface area contributed by atoms with Crippen molar-refractivity contribution in [2.45, 2.75) is 19.9 Å². The van der Waals surface area contributed by atoms with Gasteiger partial charge in [0.25, 0.3) is 0 Å². The number of benzene rings is 2. The average molecular weight is 387 g/mol. The second-order valence-corrected chi connectivity index (χ2v) is 7.00. The highest BCUT2D eigenvalue weighted by Crippen LogP contribution is 2.27. The van der Waals surface area contributed by atoms with Gasteiger partial charge in [-0.25, -0.2) is 0 Å². The molecule has 24 heavy (non-hydrogen) atoms. The van der Waals surface area contributed by atoms with Crippen molar-refractivity contribution in [3.8, 4) is 0 Å². The van der Waals surface area contributed by atoms with Crippen molar-refractivity contribution in [3.63, 3.8) is 0 Å². The summed E-state index contributed by atoms with van der Waals surface area (Å²) in [5, 5.41) is 2.94. The number of halogens is 1. The van der Waals surface area contributed by atoms with Gasteiger partial charge in [0.15, 0.2) is 0 Å². The monoisotopic (exact) mass is 386 g/mol. The summed E-state index contributed by atoms with van der Waals surface area (Å²) in [7, 11) is 0. The number of rotatable bonds is 4. The van der Waals surface area contributed by atoms with Crippen LogP contribution in [0.1, 0.15) is 17.5 Å². The molecule has 0 aromatic heterocycles. The van der Waals surface area contributed by atoms with Crippen molar-refractivity contribution in [2.75, 3.05) is 11.4 Å². The summed E-state index contributed by atoms with van der Waals surface area (Å²) in [5.74, 6) is -0.382. The summed E-state index contributed by atoms with van der Waals surface area (Å²) in [4.78, 5) is 26.3. The lowest BCUT2D eigenvalue weighted by Crippen LogP contribution is -2.32. The lowest BCUT2D eigenvalue weighted by Gasteiger charge is -2.17. The normalized spacial score (nSPS) is 17.2. The number of nitrogens with zero attached hydrogens (tertiary/aromatic N) is 1. The lowest BCUT2D eigenvalue weighted by atomic mass is 10.1. The van der Waals surface area contributed by atoms with Gasteiger partial charge < -0.3 is 10.2 Å². The number of hydrogen-bond donors (Lipinski definition) is 1. The van der Waals surface area contributed by atoms with Gasteiger partial charge in [0.2, 0.25) is 11.8 Å². The van der Waals surface area contributed by atoms with Crippen LogP contribution >= 0.6 is 15.9 Å². The maximum Gasteiger partial charge on any atom is 0.227 e. The summed E-state index contributed by atoms with van der Waals surface area (Å²) in [6.07, 6.45) is 0.256. The molecule has 2 amide bonds. The van der Waals surface area contributed by atoms with E-state index in [9.17, 15) is 9.59 Å². The molecule has 5 heteroatoms.